The lowest BCUT2D eigenvalue weighted by atomic mass is 10.1. The van der Waals surface area contributed by atoms with Gasteiger partial charge in [0.1, 0.15) is 0 Å². The average molecular weight is 292 g/mol. The lowest BCUT2D eigenvalue weighted by molar-refractivity contribution is -0.122. The number of halogens is 1. The van der Waals surface area contributed by atoms with Gasteiger partial charge in [0, 0.05) is 29.5 Å². The number of benzene rings is 1. The van der Waals surface area contributed by atoms with Gasteiger partial charge in [0.25, 0.3) is 0 Å². The van der Waals surface area contributed by atoms with E-state index in [0.717, 1.165) is 23.4 Å². The molecule has 2 aliphatic carbocycles. The Kier molecular flexibility index (Phi) is 3.81. The fourth-order valence-electron chi connectivity index (χ4n) is 2.90. The molecule has 4 atom stereocenters. The maximum atomic E-state index is 12.2. The molecule has 1 aromatic carbocycles. The van der Waals surface area contributed by atoms with Gasteiger partial charge in [-0.25, -0.2) is 0 Å². The van der Waals surface area contributed by atoms with Crippen LogP contribution < -0.4 is 5.32 Å². The maximum Gasteiger partial charge on any atom is 0.224 e. The van der Waals surface area contributed by atoms with Crippen LogP contribution in [0.5, 0.6) is 0 Å². The predicted octanol–water partition coefficient (Wildman–Crippen LogP) is 2.50. The zero-order chi connectivity index (χ0) is 14.1. The molecule has 1 aromatic rings. The van der Waals surface area contributed by atoms with E-state index in [2.05, 4.69) is 5.32 Å². The molecule has 2 unspecified atom stereocenters. The third kappa shape index (κ3) is 2.89. The smallest absolute Gasteiger partial charge is 0.224 e. The van der Waals surface area contributed by atoms with Crippen molar-refractivity contribution >= 4 is 17.5 Å². The van der Waals surface area contributed by atoms with Gasteiger partial charge >= 0.3 is 0 Å². The first-order chi connectivity index (χ1) is 9.67. The van der Waals surface area contributed by atoms with Gasteiger partial charge in [0.15, 0.2) is 0 Å². The van der Waals surface area contributed by atoms with Crippen LogP contribution in [0.4, 0.5) is 0 Å². The molecular formula is C16H18ClNO2. The van der Waals surface area contributed by atoms with Crippen LogP contribution in [-0.4, -0.2) is 23.7 Å². The third-order valence-corrected chi connectivity index (χ3v) is 4.37. The van der Waals surface area contributed by atoms with Crippen LogP contribution in [0.15, 0.2) is 36.4 Å². The zero-order valence-electron chi connectivity index (χ0n) is 11.1. The van der Waals surface area contributed by atoms with E-state index >= 15 is 0 Å². The normalized spacial score (nSPS) is 31.3. The van der Waals surface area contributed by atoms with Crippen LogP contribution in [0.25, 0.3) is 0 Å². The number of amides is 1. The highest BCUT2D eigenvalue weighted by molar-refractivity contribution is 6.30. The number of aliphatic hydroxyl groups excluding tert-OH is 1. The summed E-state index contributed by atoms with van der Waals surface area (Å²) in [5, 5.41) is 12.8. The van der Waals surface area contributed by atoms with Crippen LogP contribution in [0.1, 0.15) is 24.3 Å². The van der Waals surface area contributed by atoms with Gasteiger partial charge in [-0.2, -0.15) is 0 Å². The van der Waals surface area contributed by atoms with E-state index < -0.39 is 0 Å². The Morgan fingerprint density at radius 1 is 1.35 bits per heavy atom. The Morgan fingerprint density at radius 2 is 2.20 bits per heavy atom. The molecule has 0 aromatic heterocycles. The quantitative estimate of drug-likeness (QED) is 0.838. The molecule has 0 saturated heterocycles. The van der Waals surface area contributed by atoms with Crippen molar-refractivity contribution in [2.75, 3.05) is 6.61 Å². The average Bonchev–Trinajstić information content (AvgIpc) is 3.13. The molecule has 2 aliphatic rings. The molecular weight excluding hydrogens is 274 g/mol. The molecule has 1 saturated carbocycles. The second-order valence-corrected chi connectivity index (χ2v) is 6.12. The van der Waals surface area contributed by atoms with Gasteiger partial charge in [0.2, 0.25) is 5.91 Å². The summed E-state index contributed by atoms with van der Waals surface area (Å²) in [6, 6.07) is 7.81. The zero-order valence-corrected chi connectivity index (χ0v) is 11.9. The highest BCUT2D eigenvalue weighted by atomic mass is 35.5. The Labute approximate surface area is 123 Å². The van der Waals surface area contributed by atoms with E-state index in [4.69, 9.17) is 16.7 Å². The van der Waals surface area contributed by atoms with E-state index in [1.165, 1.54) is 0 Å². The van der Waals surface area contributed by atoms with Crippen molar-refractivity contribution in [3.63, 3.8) is 0 Å². The fraction of sp³-hybridized carbons (Fsp3) is 0.438. The largest absolute Gasteiger partial charge is 0.396 e. The Bertz CT molecular complexity index is 543. The van der Waals surface area contributed by atoms with Gasteiger partial charge in [-0.15, -0.1) is 0 Å². The first kappa shape index (κ1) is 13.7. The van der Waals surface area contributed by atoms with Gasteiger partial charge in [0.05, 0.1) is 0 Å². The van der Waals surface area contributed by atoms with Gasteiger partial charge < -0.3 is 10.4 Å². The summed E-state index contributed by atoms with van der Waals surface area (Å²) in [5.41, 5.74) is 1.15. The topological polar surface area (TPSA) is 49.3 Å². The molecule has 0 spiro atoms. The van der Waals surface area contributed by atoms with Crippen molar-refractivity contribution in [3.05, 3.63) is 47.0 Å². The van der Waals surface area contributed by atoms with Gasteiger partial charge in [-0.1, -0.05) is 35.9 Å². The lowest BCUT2D eigenvalue weighted by Gasteiger charge is -2.12. The standard InChI is InChI=1S/C16H18ClNO2/c17-12-3-1-2-11(7-12)14-8-15(14)16(20)18-13-5-4-10(6-13)9-19/h1-5,7,10,13-15,19H,6,8-9H2,(H,18,20)/t10-,13+,14?,15?/m0/s1. The van der Waals surface area contributed by atoms with E-state index in [1.54, 1.807) is 0 Å². The van der Waals surface area contributed by atoms with E-state index in [0.29, 0.717) is 5.92 Å². The third-order valence-electron chi connectivity index (χ3n) is 4.14. The summed E-state index contributed by atoms with van der Waals surface area (Å²) in [5.74, 6) is 0.661. The molecule has 0 aliphatic heterocycles. The molecule has 1 amide bonds. The monoisotopic (exact) mass is 291 g/mol. The summed E-state index contributed by atoms with van der Waals surface area (Å²) in [6.07, 6.45) is 5.66. The molecule has 3 rings (SSSR count). The summed E-state index contributed by atoms with van der Waals surface area (Å²) in [4.78, 5) is 12.2. The number of carbonyl (C=O) groups excluding carboxylic acids is 1. The SMILES string of the molecule is O=C(N[C@@H]1C=C[C@H](CO)C1)C1CC1c1cccc(Cl)c1. The summed E-state index contributed by atoms with van der Waals surface area (Å²) >= 11 is 5.98. The van der Waals surface area contributed by atoms with Crippen molar-refractivity contribution in [1.82, 2.24) is 5.32 Å². The first-order valence-electron chi connectivity index (χ1n) is 7.02. The van der Waals surface area contributed by atoms with E-state index in [-0.39, 0.29) is 30.4 Å². The molecule has 2 N–H and O–H groups in total. The van der Waals surface area contributed by atoms with Crippen molar-refractivity contribution in [1.29, 1.82) is 0 Å². The Morgan fingerprint density at radius 3 is 2.90 bits per heavy atom. The number of nitrogens with one attached hydrogen (secondary N) is 1. The van der Waals surface area contributed by atoms with Crippen molar-refractivity contribution in [2.45, 2.75) is 24.8 Å². The molecule has 0 radical (unpaired) electrons. The van der Waals surface area contributed by atoms with Crippen molar-refractivity contribution in [2.24, 2.45) is 11.8 Å². The van der Waals surface area contributed by atoms with Gasteiger partial charge in [-0.05, 0) is 36.5 Å². The minimum atomic E-state index is 0.0649. The molecule has 106 valence electrons. The van der Waals surface area contributed by atoms with E-state index in [9.17, 15) is 4.79 Å². The maximum absolute atomic E-state index is 12.2. The lowest BCUT2D eigenvalue weighted by Crippen LogP contribution is -2.34. The van der Waals surface area contributed by atoms with Crippen molar-refractivity contribution < 1.29 is 9.90 Å². The second-order valence-electron chi connectivity index (χ2n) is 5.68. The summed E-state index contributed by atoms with van der Waals surface area (Å²) < 4.78 is 0. The summed E-state index contributed by atoms with van der Waals surface area (Å²) in [7, 11) is 0. The second kappa shape index (κ2) is 5.58. The number of rotatable bonds is 4. The Balaban J connectivity index is 1.54. The molecule has 20 heavy (non-hydrogen) atoms. The van der Waals surface area contributed by atoms with Crippen LogP contribution in [0, 0.1) is 11.8 Å². The highest BCUT2D eigenvalue weighted by Gasteiger charge is 2.44. The fourth-order valence-corrected chi connectivity index (χ4v) is 3.10. The first-order valence-corrected chi connectivity index (χ1v) is 7.40. The molecule has 0 heterocycles. The van der Waals surface area contributed by atoms with Crippen LogP contribution >= 0.6 is 11.6 Å². The minimum Gasteiger partial charge on any atom is -0.396 e. The van der Waals surface area contributed by atoms with Crippen LogP contribution in [0.3, 0.4) is 0 Å². The number of carbonyl (C=O) groups is 1. The number of hydrogen-bond acceptors (Lipinski definition) is 2. The van der Waals surface area contributed by atoms with Crippen molar-refractivity contribution in [3.8, 4) is 0 Å². The van der Waals surface area contributed by atoms with Crippen LogP contribution in [-0.2, 0) is 4.79 Å². The molecule has 0 bridgehead atoms. The molecule has 3 nitrogen and oxygen atoms in total. The molecule has 4 heteroatoms. The van der Waals surface area contributed by atoms with Crippen LogP contribution in [0.2, 0.25) is 5.02 Å². The molecule has 1 fully saturated rings. The Hall–Kier alpha value is -1.32. The highest BCUT2D eigenvalue weighted by Crippen LogP contribution is 2.48. The number of aliphatic hydroxyl groups is 1. The number of hydrogen-bond donors (Lipinski definition) is 2. The minimum absolute atomic E-state index is 0.0649. The predicted molar refractivity (Wildman–Crippen MR) is 78.6 cm³/mol. The summed E-state index contributed by atoms with van der Waals surface area (Å²) in [6.45, 7) is 0.150. The van der Waals surface area contributed by atoms with Gasteiger partial charge in [-0.3, -0.25) is 4.79 Å². The van der Waals surface area contributed by atoms with E-state index in [1.807, 2.05) is 36.4 Å².